The number of anilines is 1. The molecule has 1 aliphatic rings. The van der Waals surface area contributed by atoms with Crippen LogP contribution in [0, 0.1) is 6.92 Å². The fraction of sp³-hybridized carbons (Fsp3) is 0.667. The lowest BCUT2D eigenvalue weighted by atomic mass is 10.00. The Bertz CT molecular complexity index is 474. The van der Waals surface area contributed by atoms with Gasteiger partial charge in [-0.1, -0.05) is 18.3 Å². The molecular weight excluding hydrogens is 264 g/mol. The molecule has 2 rings (SSSR count). The summed E-state index contributed by atoms with van der Waals surface area (Å²) in [5.41, 5.74) is 0. The van der Waals surface area contributed by atoms with Crippen molar-refractivity contribution in [2.24, 2.45) is 0 Å². The molecule has 1 aromatic heterocycles. The van der Waals surface area contributed by atoms with E-state index in [0.717, 1.165) is 30.7 Å². The molecular formula is C12H18N4O2S. The first kappa shape index (κ1) is 13.9. The minimum atomic E-state index is -0.614. The van der Waals surface area contributed by atoms with Crippen molar-refractivity contribution in [1.82, 2.24) is 15.1 Å². The largest absolute Gasteiger partial charge is 0.331 e. The molecule has 1 saturated heterocycles. The molecule has 0 bridgehead atoms. The summed E-state index contributed by atoms with van der Waals surface area (Å²) in [6.45, 7) is 4.51. The first-order valence-corrected chi connectivity index (χ1v) is 7.35. The third-order valence-electron chi connectivity index (χ3n) is 3.30. The van der Waals surface area contributed by atoms with E-state index in [-0.39, 0.29) is 6.04 Å². The predicted octanol–water partition coefficient (Wildman–Crippen LogP) is 1.58. The van der Waals surface area contributed by atoms with Crippen LogP contribution in [0.25, 0.3) is 0 Å². The second-order valence-corrected chi connectivity index (χ2v) is 5.82. The van der Waals surface area contributed by atoms with Crippen LogP contribution in [0.3, 0.4) is 0 Å². The first-order valence-electron chi connectivity index (χ1n) is 6.54. The molecule has 0 radical (unpaired) electrons. The quantitative estimate of drug-likeness (QED) is 0.836. The second-order valence-electron chi connectivity index (χ2n) is 4.64. The Labute approximate surface area is 116 Å². The highest BCUT2D eigenvalue weighted by Gasteiger charge is 2.30. The van der Waals surface area contributed by atoms with Crippen LogP contribution in [0.2, 0.25) is 0 Å². The van der Waals surface area contributed by atoms with Crippen molar-refractivity contribution in [3.63, 3.8) is 0 Å². The standard InChI is InChI=1S/C12H18N4O2S/c1-3-9-6-4-5-7-16(9)11(18)10(17)13-12-15-14-8(2)19-12/h9H,3-7H2,1-2H3,(H,13,15,17)/t9-/m1/s1. The average molecular weight is 282 g/mol. The number of aromatic nitrogens is 2. The van der Waals surface area contributed by atoms with Crippen molar-refractivity contribution in [3.05, 3.63) is 5.01 Å². The highest BCUT2D eigenvalue weighted by atomic mass is 32.1. The van der Waals surface area contributed by atoms with Crippen LogP contribution >= 0.6 is 11.3 Å². The van der Waals surface area contributed by atoms with Gasteiger partial charge in [0.05, 0.1) is 0 Å². The molecule has 0 saturated carbocycles. The van der Waals surface area contributed by atoms with Gasteiger partial charge in [-0.3, -0.25) is 14.9 Å². The molecule has 19 heavy (non-hydrogen) atoms. The summed E-state index contributed by atoms with van der Waals surface area (Å²) in [6, 6.07) is 0.183. The maximum atomic E-state index is 12.1. The zero-order valence-corrected chi connectivity index (χ0v) is 12.0. The number of amides is 2. The molecule has 0 aromatic carbocycles. The molecule has 1 aliphatic heterocycles. The number of carbonyl (C=O) groups excluding carboxylic acids is 2. The van der Waals surface area contributed by atoms with Gasteiger partial charge in [0.25, 0.3) is 0 Å². The van der Waals surface area contributed by atoms with E-state index in [4.69, 9.17) is 0 Å². The number of likely N-dealkylation sites (tertiary alicyclic amines) is 1. The zero-order chi connectivity index (χ0) is 13.8. The number of hydrogen-bond donors (Lipinski definition) is 1. The molecule has 2 heterocycles. The highest BCUT2D eigenvalue weighted by Crippen LogP contribution is 2.20. The average Bonchev–Trinajstić information content (AvgIpc) is 2.83. The molecule has 7 heteroatoms. The van der Waals surface area contributed by atoms with Crippen LogP contribution in [0.4, 0.5) is 5.13 Å². The van der Waals surface area contributed by atoms with Gasteiger partial charge in [0.1, 0.15) is 5.01 Å². The van der Waals surface area contributed by atoms with Gasteiger partial charge in [-0.25, -0.2) is 0 Å². The molecule has 1 N–H and O–H groups in total. The molecule has 0 aliphatic carbocycles. The fourth-order valence-electron chi connectivity index (χ4n) is 2.32. The van der Waals surface area contributed by atoms with Crippen LogP contribution in [0.5, 0.6) is 0 Å². The normalized spacial score (nSPS) is 19.3. The van der Waals surface area contributed by atoms with Gasteiger partial charge in [-0.05, 0) is 32.6 Å². The van der Waals surface area contributed by atoms with Crippen molar-refractivity contribution < 1.29 is 9.59 Å². The lowest BCUT2D eigenvalue weighted by molar-refractivity contribution is -0.145. The Morgan fingerprint density at radius 3 is 2.84 bits per heavy atom. The lowest BCUT2D eigenvalue weighted by Crippen LogP contribution is -2.48. The molecule has 0 spiro atoms. The van der Waals surface area contributed by atoms with E-state index < -0.39 is 11.8 Å². The second kappa shape index (κ2) is 6.10. The first-order chi connectivity index (χ1) is 9.11. The Morgan fingerprint density at radius 1 is 1.42 bits per heavy atom. The van der Waals surface area contributed by atoms with Crippen molar-refractivity contribution in [2.45, 2.75) is 45.6 Å². The Morgan fingerprint density at radius 2 is 2.21 bits per heavy atom. The minimum Gasteiger partial charge on any atom is -0.331 e. The summed E-state index contributed by atoms with van der Waals surface area (Å²) in [5.74, 6) is -1.07. The van der Waals surface area contributed by atoms with Gasteiger partial charge in [-0.15, -0.1) is 10.2 Å². The van der Waals surface area contributed by atoms with E-state index in [1.807, 2.05) is 6.92 Å². The molecule has 2 amide bonds. The maximum Gasteiger partial charge on any atom is 0.315 e. The monoisotopic (exact) mass is 282 g/mol. The highest BCUT2D eigenvalue weighted by molar-refractivity contribution is 7.15. The predicted molar refractivity (Wildman–Crippen MR) is 72.9 cm³/mol. The zero-order valence-electron chi connectivity index (χ0n) is 11.2. The molecule has 1 fully saturated rings. The van der Waals surface area contributed by atoms with Crippen LogP contribution in [-0.4, -0.2) is 39.5 Å². The Kier molecular flexibility index (Phi) is 4.47. The van der Waals surface area contributed by atoms with E-state index in [0.29, 0.717) is 11.7 Å². The number of piperidine rings is 1. The molecule has 1 aromatic rings. The van der Waals surface area contributed by atoms with Crippen LogP contribution in [0.15, 0.2) is 0 Å². The molecule has 0 unspecified atom stereocenters. The van der Waals surface area contributed by atoms with Gasteiger partial charge >= 0.3 is 11.8 Å². The molecule has 6 nitrogen and oxygen atoms in total. The summed E-state index contributed by atoms with van der Waals surface area (Å²) in [4.78, 5) is 25.8. The summed E-state index contributed by atoms with van der Waals surface area (Å²) in [5, 5.41) is 11.2. The summed E-state index contributed by atoms with van der Waals surface area (Å²) >= 11 is 1.26. The lowest BCUT2D eigenvalue weighted by Gasteiger charge is -2.34. The molecule has 1 atom stereocenters. The van der Waals surface area contributed by atoms with Gasteiger partial charge in [0.15, 0.2) is 0 Å². The number of nitrogens with zero attached hydrogens (tertiary/aromatic N) is 3. The minimum absolute atomic E-state index is 0.183. The number of hydrogen-bond acceptors (Lipinski definition) is 5. The third-order valence-corrected chi connectivity index (χ3v) is 4.05. The van der Waals surface area contributed by atoms with Crippen molar-refractivity contribution >= 4 is 28.3 Å². The summed E-state index contributed by atoms with van der Waals surface area (Å²) in [6.07, 6.45) is 3.96. The van der Waals surface area contributed by atoms with Gasteiger partial charge in [0.2, 0.25) is 5.13 Å². The van der Waals surface area contributed by atoms with Crippen LogP contribution in [-0.2, 0) is 9.59 Å². The Balaban J connectivity index is 1.99. The van der Waals surface area contributed by atoms with Crippen molar-refractivity contribution in [2.75, 3.05) is 11.9 Å². The van der Waals surface area contributed by atoms with E-state index in [9.17, 15) is 9.59 Å². The molecule has 104 valence electrons. The summed E-state index contributed by atoms with van der Waals surface area (Å²) in [7, 11) is 0. The maximum absolute atomic E-state index is 12.1. The van der Waals surface area contributed by atoms with Crippen molar-refractivity contribution in [3.8, 4) is 0 Å². The summed E-state index contributed by atoms with van der Waals surface area (Å²) < 4.78 is 0. The van der Waals surface area contributed by atoms with E-state index >= 15 is 0 Å². The third kappa shape index (κ3) is 3.28. The van der Waals surface area contributed by atoms with E-state index in [1.54, 1.807) is 11.8 Å². The van der Waals surface area contributed by atoms with E-state index in [2.05, 4.69) is 15.5 Å². The number of rotatable bonds is 2. The number of nitrogens with one attached hydrogen (secondary N) is 1. The number of carbonyl (C=O) groups is 2. The van der Waals surface area contributed by atoms with Crippen molar-refractivity contribution in [1.29, 1.82) is 0 Å². The van der Waals surface area contributed by atoms with Gasteiger partial charge in [-0.2, -0.15) is 0 Å². The Hall–Kier alpha value is -1.50. The number of aryl methyl sites for hydroxylation is 1. The fourth-order valence-corrected chi connectivity index (χ4v) is 2.91. The SMILES string of the molecule is CC[C@@H]1CCCCN1C(=O)C(=O)Nc1nnc(C)s1. The van der Waals surface area contributed by atoms with Gasteiger partial charge < -0.3 is 4.90 Å². The van der Waals surface area contributed by atoms with E-state index in [1.165, 1.54) is 11.3 Å². The topological polar surface area (TPSA) is 75.2 Å². The van der Waals surface area contributed by atoms with Gasteiger partial charge in [0, 0.05) is 12.6 Å². The smallest absolute Gasteiger partial charge is 0.315 e. The van der Waals surface area contributed by atoms with Crippen LogP contribution in [0.1, 0.15) is 37.6 Å². The van der Waals surface area contributed by atoms with Crippen LogP contribution < -0.4 is 5.32 Å².